The summed E-state index contributed by atoms with van der Waals surface area (Å²) in [5.41, 5.74) is 0.351. The van der Waals surface area contributed by atoms with Gasteiger partial charge < -0.3 is 14.7 Å². The summed E-state index contributed by atoms with van der Waals surface area (Å²) >= 11 is 0. The SMILES string of the molecule is CC(Oc1ccccc1C#N)C(=O)N(CCC(=O)O)C(C)C. The minimum atomic E-state index is -0.957. The van der Waals surface area contributed by atoms with E-state index in [0.717, 1.165) is 0 Å². The molecule has 0 aliphatic carbocycles. The first-order valence-electron chi connectivity index (χ1n) is 7.04. The number of rotatable bonds is 7. The van der Waals surface area contributed by atoms with Crippen LogP contribution in [0.4, 0.5) is 0 Å². The molecule has 0 aromatic heterocycles. The second kappa shape index (κ2) is 8.03. The van der Waals surface area contributed by atoms with Crippen LogP contribution >= 0.6 is 0 Å². The summed E-state index contributed by atoms with van der Waals surface area (Å²) in [7, 11) is 0. The molecule has 22 heavy (non-hydrogen) atoms. The van der Waals surface area contributed by atoms with Crippen LogP contribution in [0.25, 0.3) is 0 Å². The summed E-state index contributed by atoms with van der Waals surface area (Å²) in [4.78, 5) is 24.6. The molecule has 1 aromatic rings. The van der Waals surface area contributed by atoms with Crippen LogP contribution in [0, 0.1) is 11.3 Å². The van der Waals surface area contributed by atoms with Gasteiger partial charge in [0, 0.05) is 12.6 Å². The molecule has 0 radical (unpaired) electrons. The van der Waals surface area contributed by atoms with E-state index in [1.165, 1.54) is 4.90 Å². The lowest BCUT2D eigenvalue weighted by molar-refractivity contribution is -0.142. The van der Waals surface area contributed by atoms with E-state index in [0.29, 0.717) is 11.3 Å². The minimum absolute atomic E-state index is 0.120. The van der Waals surface area contributed by atoms with Gasteiger partial charge in [0.25, 0.3) is 5.91 Å². The number of hydrogen-bond donors (Lipinski definition) is 1. The molecule has 1 amide bonds. The standard InChI is InChI=1S/C16H20N2O4/c1-11(2)18(9-8-15(19)20)16(21)12(3)22-14-7-5-4-6-13(14)10-17/h4-7,11-12H,8-9H2,1-3H3,(H,19,20). The Morgan fingerprint density at radius 2 is 1.95 bits per heavy atom. The van der Waals surface area contributed by atoms with Crippen molar-refractivity contribution in [3.8, 4) is 11.8 Å². The number of nitriles is 1. The number of para-hydroxylation sites is 1. The van der Waals surface area contributed by atoms with Crippen molar-refractivity contribution >= 4 is 11.9 Å². The Balaban J connectivity index is 2.81. The lowest BCUT2D eigenvalue weighted by Crippen LogP contribution is -2.45. The lowest BCUT2D eigenvalue weighted by Gasteiger charge is -2.29. The fraction of sp³-hybridized carbons (Fsp3) is 0.438. The molecule has 6 heteroatoms. The fourth-order valence-electron chi connectivity index (χ4n) is 1.98. The van der Waals surface area contributed by atoms with Crippen LogP contribution in [0.2, 0.25) is 0 Å². The van der Waals surface area contributed by atoms with Gasteiger partial charge in [-0.2, -0.15) is 5.26 Å². The summed E-state index contributed by atoms with van der Waals surface area (Å²) in [6, 6.07) is 8.54. The minimum Gasteiger partial charge on any atom is -0.481 e. The van der Waals surface area contributed by atoms with Crippen LogP contribution < -0.4 is 4.74 Å². The van der Waals surface area contributed by atoms with Crippen LogP contribution in [0.15, 0.2) is 24.3 Å². The van der Waals surface area contributed by atoms with Crippen molar-refractivity contribution < 1.29 is 19.4 Å². The zero-order valence-corrected chi connectivity index (χ0v) is 12.9. The Hall–Kier alpha value is -2.55. The van der Waals surface area contributed by atoms with Crippen LogP contribution in [-0.2, 0) is 9.59 Å². The summed E-state index contributed by atoms with van der Waals surface area (Å²) in [5, 5.41) is 17.8. The number of carboxylic acids is 1. The Morgan fingerprint density at radius 3 is 2.50 bits per heavy atom. The fourth-order valence-corrected chi connectivity index (χ4v) is 1.98. The zero-order valence-electron chi connectivity index (χ0n) is 12.9. The molecule has 1 aromatic carbocycles. The number of benzene rings is 1. The topological polar surface area (TPSA) is 90.6 Å². The molecule has 0 bridgehead atoms. The molecule has 0 fully saturated rings. The largest absolute Gasteiger partial charge is 0.481 e. The second-order valence-corrected chi connectivity index (χ2v) is 5.14. The van der Waals surface area contributed by atoms with Crippen LogP contribution in [0.5, 0.6) is 5.75 Å². The quantitative estimate of drug-likeness (QED) is 0.832. The maximum atomic E-state index is 12.4. The molecule has 0 aliphatic rings. The van der Waals surface area contributed by atoms with E-state index in [1.807, 2.05) is 19.9 Å². The van der Waals surface area contributed by atoms with Gasteiger partial charge in [0.05, 0.1) is 12.0 Å². The maximum absolute atomic E-state index is 12.4. The normalized spacial score (nSPS) is 11.6. The Kier molecular flexibility index (Phi) is 6.39. The number of ether oxygens (including phenoxy) is 1. The third-order valence-corrected chi connectivity index (χ3v) is 3.13. The van der Waals surface area contributed by atoms with Crippen molar-refractivity contribution in [3.05, 3.63) is 29.8 Å². The predicted octanol–water partition coefficient (Wildman–Crippen LogP) is 2.04. The Bertz CT molecular complexity index is 578. The highest BCUT2D eigenvalue weighted by molar-refractivity contribution is 5.81. The summed E-state index contributed by atoms with van der Waals surface area (Å²) < 4.78 is 5.57. The number of aliphatic carboxylic acids is 1. The summed E-state index contributed by atoms with van der Waals surface area (Å²) in [6.45, 7) is 5.34. The molecule has 0 saturated carbocycles. The van der Waals surface area contributed by atoms with Crippen LogP contribution in [0.3, 0.4) is 0 Å². The average Bonchev–Trinajstić information content (AvgIpc) is 2.47. The van der Waals surface area contributed by atoms with Gasteiger partial charge in [0.2, 0.25) is 0 Å². The van der Waals surface area contributed by atoms with Crippen molar-refractivity contribution in [2.24, 2.45) is 0 Å². The van der Waals surface area contributed by atoms with Crippen molar-refractivity contribution in [2.75, 3.05) is 6.54 Å². The molecule has 0 aliphatic heterocycles. The average molecular weight is 304 g/mol. The highest BCUT2D eigenvalue weighted by atomic mass is 16.5. The van der Waals surface area contributed by atoms with Crippen LogP contribution in [0.1, 0.15) is 32.8 Å². The zero-order chi connectivity index (χ0) is 16.7. The highest BCUT2D eigenvalue weighted by Crippen LogP contribution is 2.19. The molecular formula is C16H20N2O4. The van der Waals surface area contributed by atoms with E-state index in [9.17, 15) is 9.59 Å². The number of carbonyl (C=O) groups is 2. The first kappa shape index (κ1) is 17.5. The van der Waals surface area contributed by atoms with Gasteiger partial charge in [-0.15, -0.1) is 0 Å². The summed E-state index contributed by atoms with van der Waals surface area (Å²) in [6.07, 6.45) is -0.920. The molecule has 0 heterocycles. The van der Waals surface area contributed by atoms with E-state index in [1.54, 1.807) is 31.2 Å². The molecular weight excluding hydrogens is 284 g/mol. The highest BCUT2D eigenvalue weighted by Gasteiger charge is 2.25. The number of carbonyl (C=O) groups excluding carboxylic acids is 1. The molecule has 118 valence electrons. The van der Waals surface area contributed by atoms with Gasteiger partial charge in [-0.05, 0) is 32.9 Å². The molecule has 0 saturated heterocycles. The van der Waals surface area contributed by atoms with Gasteiger partial charge in [-0.25, -0.2) is 0 Å². The number of carboxylic acid groups (broad SMARTS) is 1. The second-order valence-electron chi connectivity index (χ2n) is 5.14. The third kappa shape index (κ3) is 4.77. The Morgan fingerprint density at radius 1 is 1.32 bits per heavy atom. The smallest absolute Gasteiger partial charge is 0.305 e. The predicted molar refractivity (Wildman–Crippen MR) is 80.3 cm³/mol. The molecule has 1 N–H and O–H groups in total. The van der Waals surface area contributed by atoms with Gasteiger partial charge >= 0.3 is 5.97 Å². The third-order valence-electron chi connectivity index (χ3n) is 3.13. The monoisotopic (exact) mass is 304 g/mol. The molecule has 6 nitrogen and oxygen atoms in total. The first-order chi connectivity index (χ1) is 10.4. The van der Waals surface area contributed by atoms with E-state index in [2.05, 4.69) is 0 Å². The van der Waals surface area contributed by atoms with Gasteiger partial charge in [-0.1, -0.05) is 12.1 Å². The van der Waals surface area contributed by atoms with E-state index in [4.69, 9.17) is 15.1 Å². The molecule has 1 atom stereocenters. The first-order valence-corrected chi connectivity index (χ1v) is 7.04. The lowest BCUT2D eigenvalue weighted by atomic mass is 10.2. The van der Waals surface area contributed by atoms with E-state index in [-0.39, 0.29) is 24.9 Å². The van der Waals surface area contributed by atoms with Gasteiger partial charge in [0.1, 0.15) is 11.8 Å². The van der Waals surface area contributed by atoms with E-state index >= 15 is 0 Å². The molecule has 1 unspecified atom stereocenters. The molecule has 1 rings (SSSR count). The number of nitrogens with zero attached hydrogens (tertiary/aromatic N) is 2. The van der Waals surface area contributed by atoms with E-state index < -0.39 is 12.1 Å². The Labute approximate surface area is 129 Å². The van der Waals surface area contributed by atoms with Crippen LogP contribution in [-0.4, -0.2) is 40.6 Å². The number of hydrogen-bond acceptors (Lipinski definition) is 4. The van der Waals surface area contributed by atoms with Crippen molar-refractivity contribution in [3.63, 3.8) is 0 Å². The van der Waals surface area contributed by atoms with Gasteiger partial charge in [0.15, 0.2) is 6.10 Å². The number of amides is 1. The van der Waals surface area contributed by atoms with Crippen molar-refractivity contribution in [1.82, 2.24) is 4.90 Å². The van der Waals surface area contributed by atoms with Crippen molar-refractivity contribution in [2.45, 2.75) is 39.3 Å². The molecule has 0 spiro atoms. The van der Waals surface area contributed by atoms with Gasteiger partial charge in [-0.3, -0.25) is 9.59 Å². The van der Waals surface area contributed by atoms with Crippen molar-refractivity contribution in [1.29, 1.82) is 5.26 Å². The maximum Gasteiger partial charge on any atom is 0.305 e. The summed E-state index contributed by atoms with van der Waals surface area (Å²) in [5.74, 6) is -0.918.